The van der Waals surface area contributed by atoms with Crippen molar-refractivity contribution in [3.8, 4) is 0 Å². The summed E-state index contributed by atoms with van der Waals surface area (Å²) >= 11 is 0. The summed E-state index contributed by atoms with van der Waals surface area (Å²) in [5, 5.41) is 0. The van der Waals surface area contributed by atoms with Gasteiger partial charge >= 0.3 is 5.97 Å². The van der Waals surface area contributed by atoms with Gasteiger partial charge in [0.05, 0.1) is 25.2 Å². The fourth-order valence-corrected chi connectivity index (χ4v) is 2.03. The van der Waals surface area contributed by atoms with Crippen molar-refractivity contribution in [1.29, 1.82) is 0 Å². The lowest BCUT2D eigenvalue weighted by Crippen LogP contribution is -2.29. The number of ether oxygens (including phenoxy) is 3. The zero-order valence-corrected chi connectivity index (χ0v) is 8.29. The van der Waals surface area contributed by atoms with E-state index in [-0.39, 0.29) is 11.4 Å². The van der Waals surface area contributed by atoms with Crippen LogP contribution in [0.4, 0.5) is 0 Å². The van der Waals surface area contributed by atoms with Crippen LogP contribution < -0.4 is 0 Å². The van der Waals surface area contributed by atoms with E-state index in [1.165, 1.54) is 0 Å². The van der Waals surface area contributed by atoms with Crippen LogP contribution in [0, 0.1) is 5.41 Å². The summed E-state index contributed by atoms with van der Waals surface area (Å²) in [6.07, 6.45) is 2.36. The number of esters is 1. The molecule has 2 fully saturated rings. The molecule has 0 aromatic rings. The van der Waals surface area contributed by atoms with Gasteiger partial charge in [-0.25, -0.2) is 0 Å². The topological polar surface area (TPSA) is 44.8 Å². The molecule has 80 valence electrons. The van der Waals surface area contributed by atoms with Crippen molar-refractivity contribution < 1.29 is 19.0 Å². The Morgan fingerprint density at radius 3 is 1.93 bits per heavy atom. The van der Waals surface area contributed by atoms with Gasteiger partial charge in [0.2, 0.25) is 0 Å². The predicted octanol–water partition coefficient (Wildman–Crippen LogP) is 0.747. The molecule has 2 heterocycles. The summed E-state index contributed by atoms with van der Waals surface area (Å²) < 4.78 is 15.7. The van der Waals surface area contributed by atoms with E-state index < -0.39 is 0 Å². The van der Waals surface area contributed by atoms with E-state index in [1.807, 2.05) is 0 Å². The third-order valence-electron chi connectivity index (χ3n) is 3.07. The second-order valence-corrected chi connectivity index (χ2v) is 3.89. The van der Waals surface area contributed by atoms with E-state index in [1.54, 1.807) is 0 Å². The van der Waals surface area contributed by atoms with E-state index in [9.17, 15) is 4.79 Å². The first-order valence-corrected chi connectivity index (χ1v) is 5.16. The van der Waals surface area contributed by atoms with Crippen molar-refractivity contribution in [2.75, 3.05) is 33.0 Å². The number of hydrogen-bond acceptors (Lipinski definition) is 4. The highest BCUT2D eigenvalue weighted by Crippen LogP contribution is 2.37. The Labute approximate surface area is 83.5 Å². The van der Waals surface area contributed by atoms with Crippen LogP contribution in [0.3, 0.4) is 0 Å². The maximum atomic E-state index is 11.6. The van der Waals surface area contributed by atoms with Crippen molar-refractivity contribution in [2.45, 2.75) is 19.3 Å². The van der Waals surface area contributed by atoms with Crippen LogP contribution in [-0.2, 0) is 19.0 Å². The maximum absolute atomic E-state index is 11.6. The van der Waals surface area contributed by atoms with Crippen LogP contribution >= 0.6 is 0 Å². The van der Waals surface area contributed by atoms with Crippen molar-refractivity contribution in [3.63, 3.8) is 0 Å². The lowest BCUT2D eigenvalue weighted by molar-refractivity contribution is -0.147. The molecule has 0 N–H and O–H groups in total. The van der Waals surface area contributed by atoms with Gasteiger partial charge < -0.3 is 14.2 Å². The molecule has 0 aliphatic carbocycles. The molecule has 2 saturated heterocycles. The lowest BCUT2D eigenvalue weighted by Gasteiger charge is -2.22. The predicted molar refractivity (Wildman–Crippen MR) is 48.9 cm³/mol. The average Bonchev–Trinajstić information content (AvgIpc) is 2.58. The van der Waals surface area contributed by atoms with Gasteiger partial charge in [-0.1, -0.05) is 0 Å². The summed E-state index contributed by atoms with van der Waals surface area (Å²) in [6.45, 7) is 3.09. The minimum atomic E-state index is -0.315. The highest BCUT2D eigenvalue weighted by atomic mass is 16.5. The summed E-state index contributed by atoms with van der Waals surface area (Å²) in [5.41, 5.74) is -0.315. The van der Waals surface area contributed by atoms with Crippen molar-refractivity contribution in [1.82, 2.24) is 0 Å². The molecule has 4 heteroatoms. The molecular weight excluding hydrogens is 184 g/mol. The summed E-state index contributed by atoms with van der Waals surface area (Å²) in [6, 6.07) is 0. The van der Waals surface area contributed by atoms with Crippen LogP contribution in [0.15, 0.2) is 0 Å². The Morgan fingerprint density at radius 2 is 1.43 bits per heavy atom. The second-order valence-electron chi connectivity index (χ2n) is 3.89. The van der Waals surface area contributed by atoms with E-state index in [0.717, 1.165) is 19.3 Å². The molecule has 14 heavy (non-hydrogen) atoms. The van der Waals surface area contributed by atoms with Gasteiger partial charge in [-0.3, -0.25) is 4.79 Å². The van der Waals surface area contributed by atoms with Gasteiger partial charge in [0, 0.05) is 13.2 Å². The van der Waals surface area contributed by atoms with Crippen LogP contribution in [-0.4, -0.2) is 39.0 Å². The van der Waals surface area contributed by atoms with Gasteiger partial charge in [-0.05, 0) is 19.3 Å². The maximum Gasteiger partial charge on any atom is 0.312 e. The minimum Gasteiger partial charge on any atom is -0.465 e. The minimum absolute atomic E-state index is 0.0633. The normalized spacial score (nSPS) is 27.9. The van der Waals surface area contributed by atoms with Crippen molar-refractivity contribution >= 4 is 5.97 Å². The zero-order chi connectivity index (χ0) is 9.86. The molecule has 4 nitrogen and oxygen atoms in total. The fourth-order valence-electron chi connectivity index (χ4n) is 2.03. The molecule has 0 amide bonds. The Hall–Kier alpha value is -0.610. The molecule has 1 spiro atoms. The van der Waals surface area contributed by atoms with Gasteiger partial charge in [0.15, 0.2) is 0 Å². The zero-order valence-electron chi connectivity index (χ0n) is 8.29. The fraction of sp³-hybridized carbons (Fsp3) is 0.900. The van der Waals surface area contributed by atoms with E-state index in [2.05, 4.69) is 0 Å². The molecule has 0 unspecified atom stereocenters. The Kier molecular flexibility index (Phi) is 3.03. The van der Waals surface area contributed by atoms with Crippen molar-refractivity contribution in [3.05, 3.63) is 0 Å². The molecule has 0 aromatic carbocycles. The summed E-state index contributed by atoms with van der Waals surface area (Å²) in [5.74, 6) is -0.0633. The highest BCUT2D eigenvalue weighted by Gasteiger charge is 2.43. The standard InChI is InChI=1S/C10H16O4/c11-9-10(3-6-14-9)1-4-12-7-8-13-5-2-10/h1-8H2. The summed E-state index contributed by atoms with van der Waals surface area (Å²) in [7, 11) is 0. The smallest absolute Gasteiger partial charge is 0.312 e. The quantitative estimate of drug-likeness (QED) is 0.541. The van der Waals surface area contributed by atoms with E-state index in [4.69, 9.17) is 14.2 Å². The molecule has 2 aliphatic rings. The van der Waals surface area contributed by atoms with Gasteiger partial charge in [-0.2, -0.15) is 0 Å². The average molecular weight is 200 g/mol. The Morgan fingerprint density at radius 1 is 0.857 bits per heavy atom. The highest BCUT2D eigenvalue weighted by molar-refractivity contribution is 5.78. The number of hydrogen-bond donors (Lipinski definition) is 0. The number of carbonyl (C=O) groups is 1. The van der Waals surface area contributed by atoms with Gasteiger partial charge in [0.1, 0.15) is 0 Å². The molecule has 0 bridgehead atoms. The SMILES string of the molecule is O=C1OCCC12CCOCCOCC2. The third-order valence-corrected chi connectivity index (χ3v) is 3.07. The van der Waals surface area contributed by atoms with Gasteiger partial charge in [0.25, 0.3) is 0 Å². The third kappa shape index (κ3) is 1.91. The molecule has 2 rings (SSSR count). The Balaban J connectivity index is 2.02. The number of cyclic esters (lactones) is 1. The van der Waals surface area contributed by atoms with Crippen molar-refractivity contribution in [2.24, 2.45) is 5.41 Å². The number of rotatable bonds is 0. The first-order valence-electron chi connectivity index (χ1n) is 5.16. The molecule has 0 radical (unpaired) electrons. The summed E-state index contributed by atoms with van der Waals surface area (Å²) in [4.78, 5) is 11.6. The lowest BCUT2D eigenvalue weighted by atomic mass is 9.80. The molecule has 0 atom stereocenters. The van der Waals surface area contributed by atoms with Gasteiger partial charge in [-0.15, -0.1) is 0 Å². The van der Waals surface area contributed by atoms with Crippen LogP contribution in [0.25, 0.3) is 0 Å². The molecule has 0 saturated carbocycles. The second kappa shape index (κ2) is 4.28. The monoisotopic (exact) mass is 200 g/mol. The van der Waals surface area contributed by atoms with E-state index in [0.29, 0.717) is 33.0 Å². The van der Waals surface area contributed by atoms with Crippen LogP contribution in [0.1, 0.15) is 19.3 Å². The number of carbonyl (C=O) groups excluding carboxylic acids is 1. The Bertz CT molecular complexity index is 204. The largest absolute Gasteiger partial charge is 0.465 e. The first-order chi connectivity index (χ1) is 6.83. The molecule has 2 aliphatic heterocycles. The van der Waals surface area contributed by atoms with E-state index >= 15 is 0 Å². The first kappa shape index (κ1) is 9.93. The van der Waals surface area contributed by atoms with Crippen LogP contribution in [0.2, 0.25) is 0 Å². The van der Waals surface area contributed by atoms with Crippen LogP contribution in [0.5, 0.6) is 0 Å². The molecular formula is C10H16O4. The molecule has 0 aromatic heterocycles.